The molecule has 0 aliphatic carbocycles. The Hall–Kier alpha value is -1.31. The largest absolute Gasteiger partial charge is 0.411 e. The topological polar surface area (TPSA) is 58.6 Å². The van der Waals surface area contributed by atoms with Gasteiger partial charge in [-0.15, -0.1) is 0 Å². The van der Waals surface area contributed by atoms with Gasteiger partial charge in [0, 0.05) is 19.0 Å². The van der Waals surface area contributed by atoms with Crippen LogP contribution in [-0.2, 0) is 14.3 Å². The molecule has 1 fully saturated rings. The number of ether oxygens (including phenoxy) is 1. The minimum atomic E-state index is -4.38. The van der Waals surface area contributed by atoms with Crippen LogP contribution in [0.3, 0.4) is 0 Å². The van der Waals surface area contributed by atoms with Crippen molar-refractivity contribution in [2.24, 2.45) is 0 Å². The van der Waals surface area contributed by atoms with E-state index >= 15 is 0 Å². The smallest absolute Gasteiger partial charge is 0.370 e. The number of hydrogen-bond donors (Lipinski definition) is 1. The van der Waals surface area contributed by atoms with Crippen LogP contribution in [0.25, 0.3) is 0 Å². The van der Waals surface area contributed by atoms with Crippen molar-refractivity contribution >= 4 is 11.8 Å². The van der Waals surface area contributed by atoms with Gasteiger partial charge in [0.1, 0.15) is 12.6 Å². The molecule has 116 valence electrons. The van der Waals surface area contributed by atoms with Crippen LogP contribution >= 0.6 is 0 Å². The van der Waals surface area contributed by atoms with Gasteiger partial charge in [0.25, 0.3) is 0 Å². The number of nitrogens with one attached hydrogen (secondary N) is 1. The molecule has 0 aromatic heterocycles. The lowest BCUT2D eigenvalue weighted by molar-refractivity contribution is -0.175. The van der Waals surface area contributed by atoms with Crippen LogP contribution in [-0.4, -0.2) is 54.7 Å². The summed E-state index contributed by atoms with van der Waals surface area (Å²) >= 11 is 0. The second kappa shape index (κ2) is 6.92. The summed E-state index contributed by atoms with van der Waals surface area (Å²) in [6.07, 6.45) is -3.80. The maximum Gasteiger partial charge on any atom is 0.411 e. The van der Waals surface area contributed by atoms with Gasteiger partial charge in [-0.2, -0.15) is 13.2 Å². The van der Waals surface area contributed by atoms with Crippen molar-refractivity contribution in [2.75, 3.05) is 19.8 Å². The highest BCUT2D eigenvalue weighted by molar-refractivity contribution is 5.90. The second-order valence-corrected chi connectivity index (χ2v) is 4.78. The van der Waals surface area contributed by atoms with Crippen LogP contribution in [0.2, 0.25) is 0 Å². The SMILES string of the molecule is CCC1NC(=O)CC(C)N(CCOCC(F)(F)F)C1=O. The molecule has 0 bridgehead atoms. The van der Waals surface area contributed by atoms with Gasteiger partial charge < -0.3 is 15.0 Å². The van der Waals surface area contributed by atoms with Crippen molar-refractivity contribution in [3.63, 3.8) is 0 Å². The quantitative estimate of drug-likeness (QED) is 0.772. The van der Waals surface area contributed by atoms with Crippen LogP contribution in [0.5, 0.6) is 0 Å². The van der Waals surface area contributed by atoms with Gasteiger partial charge in [-0.3, -0.25) is 9.59 Å². The van der Waals surface area contributed by atoms with E-state index in [1.807, 2.05) is 0 Å². The number of amides is 2. The van der Waals surface area contributed by atoms with Gasteiger partial charge in [0.15, 0.2) is 0 Å². The molecule has 0 aromatic carbocycles. The Morgan fingerprint density at radius 2 is 2.05 bits per heavy atom. The molecule has 1 N–H and O–H groups in total. The molecular weight excluding hydrogens is 277 g/mol. The fraction of sp³-hybridized carbons (Fsp3) is 0.833. The molecule has 8 heteroatoms. The highest BCUT2D eigenvalue weighted by atomic mass is 19.4. The van der Waals surface area contributed by atoms with Crippen molar-refractivity contribution in [2.45, 2.75) is 44.9 Å². The Morgan fingerprint density at radius 3 is 2.60 bits per heavy atom. The minimum Gasteiger partial charge on any atom is -0.370 e. The summed E-state index contributed by atoms with van der Waals surface area (Å²) in [6, 6.07) is -0.969. The van der Waals surface area contributed by atoms with Gasteiger partial charge in [-0.05, 0) is 13.3 Å². The van der Waals surface area contributed by atoms with E-state index in [4.69, 9.17) is 0 Å². The van der Waals surface area contributed by atoms with E-state index in [-0.39, 0.29) is 37.4 Å². The van der Waals surface area contributed by atoms with Gasteiger partial charge >= 0.3 is 6.18 Å². The first-order valence-electron chi connectivity index (χ1n) is 6.49. The molecule has 2 atom stereocenters. The van der Waals surface area contributed by atoms with E-state index < -0.39 is 18.8 Å². The average Bonchev–Trinajstić information content (AvgIpc) is 2.42. The van der Waals surface area contributed by atoms with Crippen LogP contribution in [0.1, 0.15) is 26.7 Å². The molecule has 1 saturated heterocycles. The van der Waals surface area contributed by atoms with Crippen molar-refractivity contribution < 1.29 is 27.5 Å². The molecule has 1 heterocycles. The molecule has 2 amide bonds. The molecule has 0 aromatic rings. The van der Waals surface area contributed by atoms with Crippen LogP contribution in [0.4, 0.5) is 13.2 Å². The third kappa shape index (κ3) is 4.99. The predicted octanol–water partition coefficient (Wildman–Crippen LogP) is 1.08. The first-order chi connectivity index (χ1) is 9.24. The standard InChI is InChI=1S/C12H19F3N2O3/c1-3-9-11(19)17(8(2)6-10(18)16-9)4-5-20-7-12(13,14)15/h8-9H,3-7H2,1-2H3,(H,16,18). The molecule has 0 saturated carbocycles. The maximum absolute atomic E-state index is 12.2. The Kier molecular flexibility index (Phi) is 5.79. The highest BCUT2D eigenvalue weighted by Gasteiger charge is 2.33. The number of alkyl halides is 3. The lowest BCUT2D eigenvalue weighted by Gasteiger charge is -2.28. The van der Waals surface area contributed by atoms with Crippen molar-refractivity contribution in [3.8, 4) is 0 Å². The summed E-state index contributed by atoms with van der Waals surface area (Å²) in [7, 11) is 0. The number of rotatable bonds is 5. The first kappa shape index (κ1) is 16.7. The van der Waals surface area contributed by atoms with Crippen LogP contribution in [0.15, 0.2) is 0 Å². The van der Waals surface area contributed by atoms with Crippen molar-refractivity contribution in [3.05, 3.63) is 0 Å². The third-order valence-corrected chi connectivity index (χ3v) is 3.08. The Morgan fingerprint density at radius 1 is 1.40 bits per heavy atom. The summed E-state index contributed by atoms with van der Waals surface area (Å²) in [5.74, 6) is -0.502. The summed E-state index contributed by atoms with van der Waals surface area (Å²) in [4.78, 5) is 25.1. The molecule has 0 radical (unpaired) electrons. The molecule has 20 heavy (non-hydrogen) atoms. The lowest BCUT2D eigenvalue weighted by atomic mass is 10.2. The maximum atomic E-state index is 12.2. The summed E-state index contributed by atoms with van der Waals surface area (Å²) in [5, 5.41) is 2.60. The monoisotopic (exact) mass is 296 g/mol. The minimum absolute atomic E-state index is 0.0432. The van der Waals surface area contributed by atoms with Gasteiger partial charge in [0.2, 0.25) is 11.8 Å². The fourth-order valence-corrected chi connectivity index (χ4v) is 2.07. The number of carbonyl (C=O) groups is 2. The van der Waals surface area contributed by atoms with E-state index in [2.05, 4.69) is 10.1 Å². The highest BCUT2D eigenvalue weighted by Crippen LogP contribution is 2.15. The van der Waals surface area contributed by atoms with E-state index in [1.165, 1.54) is 4.90 Å². The number of carbonyl (C=O) groups excluding carboxylic acids is 2. The lowest BCUT2D eigenvalue weighted by Crippen LogP contribution is -2.47. The molecule has 1 aliphatic heterocycles. The average molecular weight is 296 g/mol. The first-order valence-corrected chi connectivity index (χ1v) is 6.49. The number of halogens is 3. The van der Waals surface area contributed by atoms with Crippen LogP contribution in [0, 0.1) is 0 Å². The van der Waals surface area contributed by atoms with Gasteiger partial charge in [0.05, 0.1) is 6.61 Å². The van der Waals surface area contributed by atoms with Gasteiger partial charge in [-0.25, -0.2) is 0 Å². The fourth-order valence-electron chi connectivity index (χ4n) is 2.07. The molecule has 5 nitrogen and oxygen atoms in total. The Balaban J connectivity index is 2.56. The second-order valence-electron chi connectivity index (χ2n) is 4.78. The third-order valence-electron chi connectivity index (χ3n) is 3.08. The molecule has 1 rings (SSSR count). The van der Waals surface area contributed by atoms with Crippen LogP contribution < -0.4 is 5.32 Å². The molecule has 0 spiro atoms. The molecule has 1 aliphatic rings. The summed E-state index contributed by atoms with van der Waals surface area (Å²) in [5.41, 5.74) is 0. The van der Waals surface area contributed by atoms with Crippen molar-refractivity contribution in [1.82, 2.24) is 10.2 Å². The zero-order valence-corrected chi connectivity index (χ0v) is 11.5. The summed E-state index contributed by atoms with van der Waals surface area (Å²) < 4.78 is 40.4. The van der Waals surface area contributed by atoms with Gasteiger partial charge in [-0.1, -0.05) is 6.92 Å². The normalized spacial score (nSPS) is 24.6. The summed E-state index contributed by atoms with van der Waals surface area (Å²) in [6.45, 7) is 1.95. The number of hydrogen-bond acceptors (Lipinski definition) is 3. The van der Waals surface area contributed by atoms with E-state index in [0.717, 1.165) is 0 Å². The molecule has 2 unspecified atom stereocenters. The predicted molar refractivity (Wildman–Crippen MR) is 64.9 cm³/mol. The Bertz CT molecular complexity index is 360. The zero-order valence-electron chi connectivity index (χ0n) is 11.5. The number of nitrogens with zero attached hydrogens (tertiary/aromatic N) is 1. The molecular formula is C12H19F3N2O3. The van der Waals surface area contributed by atoms with E-state index in [1.54, 1.807) is 13.8 Å². The van der Waals surface area contributed by atoms with Crippen molar-refractivity contribution in [1.29, 1.82) is 0 Å². The Labute approximate surface area is 115 Å². The van der Waals surface area contributed by atoms with E-state index in [9.17, 15) is 22.8 Å². The zero-order chi connectivity index (χ0) is 15.3. The van der Waals surface area contributed by atoms with E-state index in [0.29, 0.717) is 6.42 Å².